The van der Waals surface area contributed by atoms with Crippen molar-refractivity contribution < 1.29 is 4.79 Å². The summed E-state index contributed by atoms with van der Waals surface area (Å²) in [5.74, 6) is -0.0925. The van der Waals surface area contributed by atoms with Gasteiger partial charge in [-0.05, 0) is 46.6 Å². The van der Waals surface area contributed by atoms with E-state index < -0.39 is 0 Å². The zero-order valence-corrected chi connectivity index (χ0v) is 14.3. The Hall–Kier alpha value is -1.50. The second-order valence-corrected chi connectivity index (χ2v) is 7.70. The van der Waals surface area contributed by atoms with Gasteiger partial charge in [0.15, 0.2) is 0 Å². The van der Waals surface area contributed by atoms with Crippen molar-refractivity contribution in [2.45, 2.75) is 6.92 Å². The van der Waals surface area contributed by atoms with Crippen LogP contribution in [-0.4, -0.2) is 10.9 Å². The second kappa shape index (κ2) is 6.09. The van der Waals surface area contributed by atoms with Crippen molar-refractivity contribution in [2.24, 2.45) is 0 Å². The fourth-order valence-corrected chi connectivity index (χ4v) is 3.93. The third-order valence-corrected chi connectivity index (χ3v) is 5.84. The molecule has 3 rings (SSSR count). The van der Waals surface area contributed by atoms with Crippen LogP contribution >= 0.6 is 38.6 Å². The van der Waals surface area contributed by atoms with Crippen molar-refractivity contribution in [1.29, 1.82) is 0 Å². The molecule has 21 heavy (non-hydrogen) atoms. The van der Waals surface area contributed by atoms with Crippen LogP contribution in [-0.2, 0) is 0 Å². The van der Waals surface area contributed by atoms with E-state index in [9.17, 15) is 4.79 Å². The molecular weight excluding hydrogens is 368 g/mol. The Bertz CT molecular complexity index is 761. The van der Waals surface area contributed by atoms with Gasteiger partial charge in [0, 0.05) is 22.8 Å². The fourth-order valence-electron chi connectivity index (χ4n) is 1.86. The Balaban J connectivity index is 1.82. The number of amides is 1. The first kappa shape index (κ1) is 14.4. The number of aromatic nitrogens is 1. The predicted molar refractivity (Wildman–Crippen MR) is 92.3 cm³/mol. The highest BCUT2D eigenvalue weighted by Gasteiger charge is 2.12. The van der Waals surface area contributed by atoms with Crippen molar-refractivity contribution in [3.8, 4) is 10.6 Å². The van der Waals surface area contributed by atoms with Crippen molar-refractivity contribution >= 4 is 50.2 Å². The van der Waals surface area contributed by atoms with Gasteiger partial charge in [0.25, 0.3) is 5.91 Å². The predicted octanol–water partition coefficient (Wildman–Crippen LogP) is 5.19. The monoisotopic (exact) mass is 378 g/mol. The SMILES string of the molecule is Cc1cc(C(=O)Nc2cccc(-c3nccs3)c2)sc1Br. The average Bonchev–Trinajstić information content (AvgIpc) is 3.10. The van der Waals surface area contributed by atoms with Crippen LogP contribution in [0.3, 0.4) is 0 Å². The Labute approximate surface area is 138 Å². The molecule has 0 fully saturated rings. The van der Waals surface area contributed by atoms with Crippen molar-refractivity contribution in [3.63, 3.8) is 0 Å². The minimum absolute atomic E-state index is 0.0925. The molecule has 2 aromatic heterocycles. The van der Waals surface area contributed by atoms with E-state index in [0.717, 1.165) is 25.6 Å². The summed E-state index contributed by atoms with van der Waals surface area (Å²) in [7, 11) is 0. The van der Waals surface area contributed by atoms with Crippen molar-refractivity contribution in [3.05, 3.63) is 56.1 Å². The summed E-state index contributed by atoms with van der Waals surface area (Å²) < 4.78 is 0.990. The summed E-state index contributed by atoms with van der Waals surface area (Å²) in [6, 6.07) is 9.60. The average molecular weight is 379 g/mol. The standard InChI is InChI=1S/C15H11BrN2OS2/c1-9-7-12(21-13(9)16)14(19)18-11-4-2-3-10(8-11)15-17-5-6-20-15/h2-8H,1H3,(H,18,19). The summed E-state index contributed by atoms with van der Waals surface area (Å²) in [5, 5.41) is 5.81. The molecule has 0 aliphatic heterocycles. The number of anilines is 1. The highest BCUT2D eigenvalue weighted by atomic mass is 79.9. The quantitative estimate of drug-likeness (QED) is 0.680. The molecule has 0 unspecified atom stereocenters. The molecule has 2 heterocycles. The molecule has 1 amide bonds. The minimum atomic E-state index is -0.0925. The maximum Gasteiger partial charge on any atom is 0.265 e. The third-order valence-electron chi connectivity index (χ3n) is 2.88. The Morgan fingerprint density at radius 3 is 2.86 bits per heavy atom. The molecule has 0 aliphatic rings. The molecule has 0 bridgehead atoms. The smallest absolute Gasteiger partial charge is 0.265 e. The van der Waals surface area contributed by atoms with Gasteiger partial charge in [-0.2, -0.15) is 0 Å². The van der Waals surface area contributed by atoms with E-state index in [1.807, 2.05) is 42.6 Å². The molecule has 0 aliphatic carbocycles. The zero-order chi connectivity index (χ0) is 14.8. The van der Waals surface area contributed by atoms with Gasteiger partial charge in [-0.25, -0.2) is 4.98 Å². The van der Waals surface area contributed by atoms with Gasteiger partial charge in [-0.3, -0.25) is 4.79 Å². The van der Waals surface area contributed by atoms with Crippen LogP contribution in [0.1, 0.15) is 15.2 Å². The topological polar surface area (TPSA) is 42.0 Å². The largest absolute Gasteiger partial charge is 0.321 e. The van der Waals surface area contributed by atoms with Crippen LogP contribution in [0.25, 0.3) is 10.6 Å². The lowest BCUT2D eigenvalue weighted by molar-refractivity contribution is 0.103. The zero-order valence-electron chi connectivity index (χ0n) is 11.1. The summed E-state index contributed by atoms with van der Waals surface area (Å²) in [6.45, 7) is 1.97. The van der Waals surface area contributed by atoms with Gasteiger partial charge in [-0.1, -0.05) is 12.1 Å². The number of aryl methyl sites for hydroxylation is 1. The first-order chi connectivity index (χ1) is 10.1. The Kier molecular flexibility index (Phi) is 4.19. The maximum atomic E-state index is 12.2. The molecule has 3 nitrogen and oxygen atoms in total. The Morgan fingerprint density at radius 2 is 2.19 bits per heavy atom. The van der Waals surface area contributed by atoms with Gasteiger partial charge < -0.3 is 5.32 Å². The van der Waals surface area contributed by atoms with Crippen LogP contribution in [0.4, 0.5) is 5.69 Å². The number of thiazole rings is 1. The van der Waals surface area contributed by atoms with Gasteiger partial charge in [-0.15, -0.1) is 22.7 Å². The highest BCUT2D eigenvalue weighted by molar-refractivity contribution is 9.11. The van der Waals surface area contributed by atoms with Crippen LogP contribution in [0.5, 0.6) is 0 Å². The van der Waals surface area contributed by atoms with E-state index in [0.29, 0.717) is 4.88 Å². The molecule has 0 atom stereocenters. The first-order valence-electron chi connectivity index (χ1n) is 6.21. The molecule has 1 aromatic carbocycles. The van der Waals surface area contributed by atoms with Crippen LogP contribution < -0.4 is 5.32 Å². The number of rotatable bonds is 3. The second-order valence-electron chi connectivity index (χ2n) is 4.44. The number of hydrogen-bond donors (Lipinski definition) is 1. The number of carbonyl (C=O) groups excluding carboxylic acids is 1. The number of halogens is 1. The first-order valence-corrected chi connectivity index (χ1v) is 8.69. The Morgan fingerprint density at radius 1 is 1.33 bits per heavy atom. The van der Waals surface area contributed by atoms with Gasteiger partial charge in [0.2, 0.25) is 0 Å². The number of carbonyl (C=O) groups is 1. The molecule has 106 valence electrons. The molecule has 0 spiro atoms. The number of nitrogens with zero attached hydrogens (tertiary/aromatic N) is 1. The summed E-state index contributed by atoms with van der Waals surface area (Å²) in [5.41, 5.74) is 2.85. The minimum Gasteiger partial charge on any atom is -0.321 e. The van der Waals surface area contributed by atoms with Gasteiger partial charge >= 0.3 is 0 Å². The van der Waals surface area contributed by atoms with Crippen molar-refractivity contribution in [1.82, 2.24) is 4.98 Å². The van der Waals surface area contributed by atoms with E-state index in [4.69, 9.17) is 0 Å². The highest BCUT2D eigenvalue weighted by Crippen LogP contribution is 2.29. The van der Waals surface area contributed by atoms with Crippen LogP contribution in [0, 0.1) is 6.92 Å². The molecule has 1 N–H and O–H groups in total. The van der Waals surface area contributed by atoms with Crippen LogP contribution in [0.2, 0.25) is 0 Å². The molecule has 3 aromatic rings. The number of benzene rings is 1. The maximum absolute atomic E-state index is 12.2. The lowest BCUT2D eigenvalue weighted by atomic mass is 10.2. The molecule has 0 saturated heterocycles. The van der Waals surface area contributed by atoms with E-state index in [1.165, 1.54) is 11.3 Å². The lowest BCUT2D eigenvalue weighted by Gasteiger charge is -2.05. The van der Waals surface area contributed by atoms with Crippen LogP contribution in [0.15, 0.2) is 45.7 Å². The number of nitrogens with one attached hydrogen (secondary N) is 1. The van der Waals surface area contributed by atoms with Gasteiger partial charge in [0.05, 0.1) is 8.66 Å². The molecular formula is C15H11BrN2OS2. The van der Waals surface area contributed by atoms with E-state index in [-0.39, 0.29) is 5.91 Å². The summed E-state index contributed by atoms with van der Waals surface area (Å²) in [6.07, 6.45) is 1.78. The van der Waals surface area contributed by atoms with Crippen molar-refractivity contribution in [2.75, 3.05) is 5.32 Å². The lowest BCUT2D eigenvalue weighted by Crippen LogP contribution is -2.10. The molecule has 6 heteroatoms. The van der Waals surface area contributed by atoms with E-state index in [1.54, 1.807) is 17.5 Å². The van der Waals surface area contributed by atoms with E-state index >= 15 is 0 Å². The normalized spacial score (nSPS) is 10.6. The number of thiophene rings is 1. The molecule has 0 radical (unpaired) electrons. The fraction of sp³-hybridized carbons (Fsp3) is 0.0667. The van der Waals surface area contributed by atoms with E-state index in [2.05, 4.69) is 26.2 Å². The van der Waals surface area contributed by atoms with Gasteiger partial charge in [0.1, 0.15) is 5.01 Å². The number of hydrogen-bond acceptors (Lipinski definition) is 4. The summed E-state index contributed by atoms with van der Waals surface area (Å²) in [4.78, 5) is 17.2. The third kappa shape index (κ3) is 3.23. The summed E-state index contributed by atoms with van der Waals surface area (Å²) >= 11 is 6.45. The molecule has 0 saturated carbocycles.